The summed E-state index contributed by atoms with van der Waals surface area (Å²) in [6, 6.07) is 6.72. The summed E-state index contributed by atoms with van der Waals surface area (Å²) in [5.74, 6) is -2.13. The molecule has 0 saturated carbocycles. The molecule has 0 spiro atoms. The normalized spacial score (nSPS) is 10.3. The molecule has 0 atom stereocenters. The molecule has 0 unspecified atom stereocenters. The zero-order chi connectivity index (χ0) is 14.0. The number of aromatic amines is 1. The topological polar surface area (TPSA) is 114 Å². The number of H-pyrrole nitrogens is 1. The third-order valence-corrected chi connectivity index (χ3v) is 2.84. The van der Waals surface area contributed by atoms with Gasteiger partial charge in [0, 0.05) is 17.3 Å². The first-order chi connectivity index (χ1) is 9.02. The van der Waals surface area contributed by atoms with Crippen LogP contribution in [0.4, 0.5) is 0 Å². The fraction of sp³-hybridized carbons (Fsp3) is 0.154. The van der Waals surface area contributed by atoms with Gasteiger partial charge in [-0.2, -0.15) is 5.26 Å². The maximum Gasteiger partial charge on any atom is 0.352 e. The van der Waals surface area contributed by atoms with Crippen molar-refractivity contribution in [1.82, 2.24) is 4.98 Å². The summed E-state index contributed by atoms with van der Waals surface area (Å²) in [4.78, 5) is 24.5. The minimum absolute atomic E-state index is 0.0219. The van der Waals surface area contributed by atoms with Gasteiger partial charge < -0.3 is 15.2 Å². The van der Waals surface area contributed by atoms with E-state index in [2.05, 4.69) is 4.98 Å². The molecule has 6 heteroatoms. The predicted molar refractivity (Wildman–Crippen MR) is 65.9 cm³/mol. The number of carbonyl (C=O) groups is 2. The Balaban J connectivity index is 2.57. The number of fused-ring (bicyclic) bond motifs is 1. The van der Waals surface area contributed by atoms with Gasteiger partial charge in [-0.15, -0.1) is 0 Å². The van der Waals surface area contributed by atoms with Gasteiger partial charge in [-0.25, -0.2) is 4.79 Å². The summed E-state index contributed by atoms with van der Waals surface area (Å²) < 4.78 is 0. The number of carboxylic acid groups (broad SMARTS) is 2. The van der Waals surface area contributed by atoms with Crippen molar-refractivity contribution < 1.29 is 19.8 Å². The highest BCUT2D eigenvalue weighted by atomic mass is 16.4. The highest BCUT2D eigenvalue weighted by molar-refractivity contribution is 5.98. The quantitative estimate of drug-likeness (QED) is 0.772. The number of benzene rings is 1. The van der Waals surface area contributed by atoms with Crippen molar-refractivity contribution in [2.75, 3.05) is 0 Å². The number of nitriles is 1. The molecule has 2 aromatic rings. The van der Waals surface area contributed by atoms with E-state index >= 15 is 0 Å². The summed E-state index contributed by atoms with van der Waals surface area (Å²) in [5.41, 5.74) is 1.37. The fourth-order valence-corrected chi connectivity index (χ4v) is 2.00. The SMILES string of the molecule is N#Cc1ccc2c(CCC(=O)O)c(C(=O)O)[nH]c2c1. The Morgan fingerprint density at radius 1 is 1.32 bits per heavy atom. The van der Waals surface area contributed by atoms with Crippen LogP contribution in [0.25, 0.3) is 10.9 Å². The molecule has 0 fully saturated rings. The van der Waals surface area contributed by atoms with Crippen molar-refractivity contribution in [1.29, 1.82) is 5.26 Å². The van der Waals surface area contributed by atoms with Crippen LogP contribution in [0.15, 0.2) is 18.2 Å². The lowest BCUT2D eigenvalue weighted by Crippen LogP contribution is -2.04. The highest BCUT2D eigenvalue weighted by Crippen LogP contribution is 2.25. The molecule has 0 saturated heterocycles. The van der Waals surface area contributed by atoms with Crippen LogP contribution in [0.5, 0.6) is 0 Å². The van der Waals surface area contributed by atoms with Crippen LogP contribution in [0, 0.1) is 11.3 Å². The lowest BCUT2D eigenvalue weighted by atomic mass is 10.0. The molecule has 6 nitrogen and oxygen atoms in total. The molecule has 1 heterocycles. The first kappa shape index (κ1) is 12.6. The van der Waals surface area contributed by atoms with Crippen LogP contribution in [-0.2, 0) is 11.2 Å². The second-order valence-electron chi connectivity index (χ2n) is 4.05. The van der Waals surface area contributed by atoms with Crippen molar-refractivity contribution in [3.8, 4) is 6.07 Å². The Bertz CT molecular complexity index is 709. The van der Waals surface area contributed by atoms with Gasteiger partial charge in [0.1, 0.15) is 5.69 Å². The molecular formula is C13H10N2O4. The zero-order valence-corrected chi connectivity index (χ0v) is 9.80. The van der Waals surface area contributed by atoms with E-state index in [0.29, 0.717) is 22.0 Å². The average Bonchev–Trinajstić information content (AvgIpc) is 2.73. The van der Waals surface area contributed by atoms with Crippen LogP contribution in [-0.4, -0.2) is 27.1 Å². The summed E-state index contributed by atoms with van der Waals surface area (Å²) in [6.45, 7) is 0. The Hall–Kier alpha value is -2.81. The molecule has 0 aliphatic rings. The Morgan fingerprint density at radius 3 is 2.63 bits per heavy atom. The van der Waals surface area contributed by atoms with E-state index in [9.17, 15) is 9.59 Å². The molecule has 1 aromatic carbocycles. The fourth-order valence-electron chi connectivity index (χ4n) is 2.00. The van der Waals surface area contributed by atoms with Crippen LogP contribution in [0.2, 0.25) is 0 Å². The molecular weight excluding hydrogens is 248 g/mol. The monoisotopic (exact) mass is 258 g/mol. The van der Waals surface area contributed by atoms with E-state index in [4.69, 9.17) is 15.5 Å². The summed E-state index contributed by atoms with van der Waals surface area (Å²) in [5, 5.41) is 27.2. The first-order valence-corrected chi connectivity index (χ1v) is 5.52. The first-order valence-electron chi connectivity index (χ1n) is 5.52. The Kier molecular flexibility index (Phi) is 3.21. The summed E-state index contributed by atoms with van der Waals surface area (Å²) in [7, 11) is 0. The van der Waals surface area contributed by atoms with Gasteiger partial charge in [-0.3, -0.25) is 4.79 Å². The number of nitrogens with zero attached hydrogens (tertiary/aromatic N) is 1. The van der Waals surface area contributed by atoms with E-state index in [1.165, 1.54) is 0 Å². The minimum atomic E-state index is -1.14. The summed E-state index contributed by atoms with van der Waals surface area (Å²) in [6.07, 6.45) is -0.0178. The zero-order valence-electron chi connectivity index (χ0n) is 9.80. The smallest absolute Gasteiger partial charge is 0.352 e. The van der Waals surface area contributed by atoms with E-state index in [1.54, 1.807) is 18.2 Å². The minimum Gasteiger partial charge on any atom is -0.481 e. The van der Waals surface area contributed by atoms with Gasteiger partial charge in [-0.05, 0) is 24.1 Å². The van der Waals surface area contributed by atoms with Gasteiger partial charge in [-0.1, -0.05) is 6.07 Å². The van der Waals surface area contributed by atoms with Crippen molar-refractivity contribution in [3.05, 3.63) is 35.0 Å². The molecule has 3 N–H and O–H groups in total. The number of carboxylic acids is 2. The van der Waals surface area contributed by atoms with E-state index < -0.39 is 11.9 Å². The van der Waals surface area contributed by atoms with Gasteiger partial charge in [0.2, 0.25) is 0 Å². The Labute approximate surface area is 107 Å². The van der Waals surface area contributed by atoms with Crippen molar-refractivity contribution in [2.45, 2.75) is 12.8 Å². The van der Waals surface area contributed by atoms with E-state index in [-0.39, 0.29) is 18.5 Å². The summed E-state index contributed by atoms with van der Waals surface area (Å²) >= 11 is 0. The molecule has 0 amide bonds. The lowest BCUT2D eigenvalue weighted by molar-refractivity contribution is -0.136. The lowest BCUT2D eigenvalue weighted by Gasteiger charge is -1.99. The molecule has 2 rings (SSSR count). The van der Waals surface area contributed by atoms with Crippen molar-refractivity contribution in [3.63, 3.8) is 0 Å². The number of aromatic carboxylic acids is 1. The second-order valence-corrected chi connectivity index (χ2v) is 4.05. The van der Waals surface area contributed by atoms with Crippen molar-refractivity contribution in [2.24, 2.45) is 0 Å². The number of rotatable bonds is 4. The number of hydrogen-bond acceptors (Lipinski definition) is 3. The average molecular weight is 258 g/mol. The predicted octanol–water partition coefficient (Wildman–Crippen LogP) is 1.75. The number of aryl methyl sites for hydroxylation is 1. The molecule has 0 bridgehead atoms. The maximum atomic E-state index is 11.1. The van der Waals surface area contributed by atoms with Gasteiger partial charge in [0.25, 0.3) is 0 Å². The molecule has 1 aromatic heterocycles. The van der Waals surface area contributed by atoms with Gasteiger partial charge in [0.15, 0.2) is 0 Å². The molecule has 19 heavy (non-hydrogen) atoms. The van der Waals surface area contributed by atoms with E-state index in [0.717, 1.165) is 0 Å². The second kappa shape index (κ2) is 4.82. The molecule has 96 valence electrons. The number of nitrogens with one attached hydrogen (secondary N) is 1. The van der Waals surface area contributed by atoms with Crippen LogP contribution >= 0.6 is 0 Å². The largest absolute Gasteiger partial charge is 0.481 e. The highest BCUT2D eigenvalue weighted by Gasteiger charge is 2.17. The van der Waals surface area contributed by atoms with Crippen molar-refractivity contribution >= 4 is 22.8 Å². The van der Waals surface area contributed by atoms with Crippen LogP contribution < -0.4 is 0 Å². The molecule has 0 radical (unpaired) electrons. The Morgan fingerprint density at radius 2 is 2.05 bits per heavy atom. The number of aliphatic carboxylic acids is 1. The molecule has 0 aliphatic heterocycles. The van der Waals surface area contributed by atoms with Crippen LogP contribution in [0.1, 0.15) is 28.0 Å². The van der Waals surface area contributed by atoms with E-state index in [1.807, 2.05) is 6.07 Å². The standard InChI is InChI=1S/C13H10N2O4/c14-6-7-1-2-8-9(3-4-11(16)17)12(13(18)19)15-10(8)5-7/h1-2,5,15H,3-4H2,(H,16,17)(H,18,19). The third kappa shape index (κ3) is 2.40. The third-order valence-electron chi connectivity index (χ3n) is 2.84. The van der Waals surface area contributed by atoms with Crippen LogP contribution in [0.3, 0.4) is 0 Å². The van der Waals surface area contributed by atoms with Gasteiger partial charge >= 0.3 is 11.9 Å². The number of aromatic nitrogens is 1. The number of hydrogen-bond donors (Lipinski definition) is 3. The van der Waals surface area contributed by atoms with Gasteiger partial charge in [0.05, 0.1) is 11.6 Å². The molecule has 0 aliphatic carbocycles. The maximum absolute atomic E-state index is 11.1.